The Morgan fingerprint density at radius 3 is 1.50 bits per heavy atom. The van der Waals surface area contributed by atoms with Crippen LogP contribution in [0.4, 0.5) is 0 Å². The van der Waals surface area contributed by atoms with Gasteiger partial charge in [0.1, 0.15) is 0 Å². The van der Waals surface area contributed by atoms with Gasteiger partial charge in [0.25, 0.3) is 0 Å². The van der Waals surface area contributed by atoms with Crippen LogP contribution in [0.3, 0.4) is 0 Å². The van der Waals surface area contributed by atoms with Crippen molar-refractivity contribution in [3.63, 3.8) is 0 Å². The van der Waals surface area contributed by atoms with Gasteiger partial charge in [-0.1, -0.05) is 34.6 Å². The summed E-state index contributed by atoms with van der Waals surface area (Å²) in [7, 11) is 0. The monoisotopic (exact) mass is 244 g/mol. The molecular formula is C12H12N4O2. The van der Waals surface area contributed by atoms with E-state index in [9.17, 15) is 0 Å². The standard InChI is InChI=1S/C12H12N4O2/c13-11(15-17)9-5-6-10(12(14)16-18)8-4-2-1-3-7(8)9/h1-6,17-18H,(H2,13,15)(H2,14,16). The first-order valence-corrected chi connectivity index (χ1v) is 5.16. The van der Waals surface area contributed by atoms with E-state index in [-0.39, 0.29) is 11.7 Å². The van der Waals surface area contributed by atoms with Crippen molar-refractivity contribution in [3.8, 4) is 0 Å². The summed E-state index contributed by atoms with van der Waals surface area (Å²) >= 11 is 0. The molecule has 2 aromatic rings. The molecule has 18 heavy (non-hydrogen) atoms. The molecule has 2 aromatic carbocycles. The number of oxime groups is 2. The zero-order chi connectivity index (χ0) is 13.1. The van der Waals surface area contributed by atoms with Crippen LogP contribution in [-0.4, -0.2) is 22.1 Å². The van der Waals surface area contributed by atoms with Crippen LogP contribution in [0, 0.1) is 0 Å². The van der Waals surface area contributed by atoms with E-state index in [2.05, 4.69) is 10.3 Å². The van der Waals surface area contributed by atoms with E-state index in [0.717, 1.165) is 10.8 Å². The predicted octanol–water partition coefficient (Wildman–Crippen LogP) is 1.03. The van der Waals surface area contributed by atoms with Gasteiger partial charge in [-0.25, -0.2) is 0 Å². The summed E-state index contributed by atoms with van der Waals surface area (Å²) in [6.45, 7) is 0. The first kappa shape index (κ1) is 11.7. The van der Waals surface area contributed by atoms with Crippen LogP contribution in [0.25, 0.3) is 10.8 Å². The maximum Gasteiger partial charge on any atom is 0.170 e. The van der Waals surface area contributed by atoms with Crippen LogP contribution in [0.15, 0.2) is 46.7 Å². The van der Waals surface area contributed by atoms with Gasteiger partial charge in [0, 0.05) is 11.1 Å². The number of hydrogen-bond donors (Lipinski definition) is 4. The molecule has 0 aliphatic carbocycles. The second-order valence-electron chi connectivity index (χ2n) is 3.68. The Labute approximate surface area is 103 Å². The van der Waals surface area contributed by atoms with E-state index in [4.69, 9.17) is 21.9 Å². The van der Waals surface area contributed by atoms with Crippen molar-refractivity contribution in [2.45, 2.75) is 0 Å². The summed E-state index contributed by atoms with van der Waals surface area (Å²) < 4.78 is 0. The van der Waals surface area contributed by atoms with Crippen molar-refractivity contribution in [1.29, 1.82) is 0 Å². The zero-order valence-corrected chi connectivity index (χ0v) is 9.41. The number of nitrogens with two attached hydrogens (primary N) is 2. The van der Waals surface area contributed by atoms with Crippen molar-refractivity contribution < 1.29 is 10.4 Å². The van der Waals surface area contributed by atoms with Crippen LogP contribution in [0.5, 0.6) is 0 Å². The molecule has 0 radical (unpaired) electrons. The molecule has 92 valence electrons. The van der Waals surface area contributed by atoms with Crippen LogP contribution in [0.2, 0.25) is 0 Å². The molecule has 0 amide bonds. The molecule has 0 heterocycles. The first-order valence-electron chi connectivity index (χ1n) is 5.16. The van der Waals surface area contributed by atoms with Crippen LogP contribution < -0.4 is 11.5 Å². The summed E-state index contributed by atoms with van der Waals surface area (Å²) in [6.07, 6.45) is 0. The Morgan fingerprint density at radius 1 is 0.778 bits per heavy atom. The molecule has 0 spiro atoms. The fourth-order valence-electron chi connectivity index (χ4n) is 1.85. The van der Waals surface area contributed by atoms with E-state index >= 15 is 0 Å². The molecule has 6 N–H and O–H groups in total. The molecule has 0 fully saturated rings. The number of nitrogens with zero attached hydrogens (tertiary/aromatic N) is 2. The minimum atomic E-state index is 0.0114. The maximum atomic E-state index is 8.75. The smallest absolute Gasteiger partial charge is 0.170 e. The molecule has 6 heteroatoms. The molecule has 2 rings (SSSR count). The van der Waals surface area contributed by atoms with E-state index in [1.165, 1.54) is 0 Å². The highest BCUT2D eigenvalue weighted by atomic mass is 16.4. The van der Waals surface area contributed by atoms with Gasteiger partial charge in [-0.3, -0.25) is 0 Å². The number of amidine groups is 2. The Balaban J connectivity index is 2.82. The van der Waals surface area contributed by atoms with Crippen molar-refractivity contribution >= 4 is 22.4 Å². The molecule has 6 nitrogen and oxygen atoms in total. The summed E-state index contributed by atoms with van der Waals surface area (Å²) in [5.41, 5.74) is 12.4. The Bertz CT molecular complexity index is 593. The summed E-state index contributed by atoms with van der Waals surface area (Å²) in [4.78, 5) is 0. The molecule has 0 bridgehead atoms. The van der Waals surface area contributed by atoms with E-state index in [1.807, 2.05) is 24.3 Å². The van der Waals surface area contributed by atoms with Gasteiger partial charge in [-0.2, -0.15) is 0 Å². The normalized spacial score (nSPS) is 12.9. The average molecular weight is 244 g/mol. The predicted molar refractivity (Wildman–Crippen MR) is 69.0 cm³/mol. The highest BCUT2D eigenvalue weighted by Crippen LogP contribution is 2.22. The first-order chi connectivity index (χ1) is 8.69. The largest absolute Gasteiger partial charge is 0.409 e. The minimum absolute atomic E-state index is 0.0114. The van der Waals surface area contributed by atoms with Crippen molar-refractivity contribution in [2.75, 3.05) is 0 Å². The van der Waals surface area contributed by atoms with E-state index in [0.29, 0.717) is 11.1 Å². The van der Waals surface area contributed by atoms with Gasteiger partial charge in [0.05, 0.1) is 0 Å². The van der Waals surface area contributed by atoms with Gasteiger partial charge in [-0.05, 0) is 22.9 Å². The third kappa shape index (κ3) is 1.80. The van der Waals surface area contributed by atoms with Gasteiger partial charge in [0.15, 0.2) is 11.7 Å². The molecule has 0 aromatic heterocycles. The minimum Gasteiger partial charge on any atom is -0.409 e. The van der Waals surface area contributed by atoms with Crippen LogP contribution >= 0.6 is 0 Å². The lowest BCUT2D eigenvalue weighted by Crippen LogP contribution is -2.17. The topological polar surface area (TPSA) is 117 Å². The van der Waals surface area contributed by atoms with Crippen molar-refractivity contribution in [2.24, 2.45) is 21.8 Å². The second-order valence-corrected chi connectivity index (χ2v) is 3.68. The molecule has 0 aliphatic rings. The number of fused-ring (bicyclic) bond motifs is 1. The zero-order valence-electron chi connectivity index (χ0n) is 9.41. The second kappa shape index (κ2) is 4.62. The Kier molecular flexibility index (Phi) is 3.01. The van der Waals surface area contributed by atoms with Crippen molar-refractivity contribution in [3.05, 3.63) is 47.5 Å². The Morgan fingerprint density at radius 2 is 1.17 bits per heavy atom. The quantitative estimate of drug-likeness (QED) is 0.273. The highest BCUT2D eigenvalue weighted by Gasteiger charge is 2.11. The average Bonchev–Trinajstić information content (AvgIpc) is 2.44. The molecule has 0 aliphatic heterocycles. The van der Waals surface area contributed by atoms with Crippen LogP contribution in [-0.2, 0) is 0 Å². The summed E-state index contributed by atoms with van der Waals surface area (Å²) in [6, 6.07) is 10.6. The van der Waals surface area contributed by atoms with E-state index in [1.54, 1.807) is 12.1 Å². The highest BCUT2D eigenvalue weighted by molar-refractivity contribution is 6.15. The third-order valence-electron chi connectivity index (χ3n) is 2.69. The lowest BCUT2D eigenvalue weighted by atomic mass is 9.98. The number of benzene rings is 2. The Hall–Kier alpha value is -2.76. The lowest BCUT2D eigenvalue weighted by molar-refractivity contribution is 0.318. The van der Waals surface area contributed by atoms with Gasteiger partial charge < -0.3 is 21.9 Å². The number of rotatable bonds is 2. The van der Waals surface area contributed by atoms with Gasteiger partial charge >= 0.3 is 0 Å². The van der Waals surface area contributed by atoms with Gasteiger partial charge in [0.2, 0.25) is 0 Å². The SMILES string of the molecule is N/C(=N\O)c1ccc(/C(N)=N\O)c2ccccc12. The third-order valence-corrected chi connectivity index (χ3v) is 2.69. The molecule has 0 atom stereocenters. The maximum absolute atomic E-state index is 8.75. The fourth-order valence-corrected chi connectivity index (χ4v) is 1.85. The lowest BCUT2D eigenvalue weighted by Gasteiger charge is -2.09. The van der Waals surface area contributed by atoms with Gasteiger partial charge in [-0.15, -0.1) is 0 Å². The molecule has 0 unspecified atom stereocenters. The fraction of sp³-hybridized carbons (Fsp3) is 0. The van der Waals surface area contributed by atoms with Crippen LogP contribution in [0.1, 0.15) is 11.1 Å². The molecular weight excluding hydrogens is 232 g/mol. The van der Waals surface area contributed by atoms with E-state index < -0.39 is 0 Å². The molecule has 0 saturated heterocycles. The summed E-state index contributed by atoms with van der Waals surface area (Å²) in [5.74, 6) is 0.0227. The summed E-state index contributed by atoms with van der Waals surface area (Å²) in [5, 5.41) is 25.0. The molecule has 0 saturated carbocycles. The van der Waals surface area contributed by atoms with Crippen molar-refractivity contribution in [1.82, 2.24) is 0 Å². The number of hydrogen-bond acceptors (Lipinski definition) is 4.